The van der Waals surface area contributed by atoms with Crippen LogP contribution in [-0.2, 0) is 6.61 Å². The van der Waals surface area contributed by atoms with E-state index >= 15 is 0 Å². The van der Waals surface area contributed by atoms with Gasteiger partial charge in [0, 0.05) is 6.07 Å². The molecular weight excluding hydrogens is 360 g/mol. The van der Waals surface area contributed by atoms with E-state index in [1.54, 1.807) is 12.1 Å². The Morgan fingerprint density at radius 1 is 1.11 bits per heavy atom. The number of hydrogen-bond acceptors (Lipinski definition) is 6. The monoisotopic (exact) mass is 376 g/mol. The van der Waals surface area contributed by atoms with Crippen molar-refractivity contribution >= 4 is 17.8 Å². The minimum atomic E-state index is -0.583. The summed E-state index contributed by atoms with van der Waals surface area (Å²) in [6.07, 6.45) is 2.50. The van der Waals surface area contributed by atoms with Crippen LogP contribution in [0.3, 0.4) is 0 Å². The molecule has 0 aliphatic rings. The molecule has 0 radical (unpaired) electrons. The first-order valence-corrected chi connectivity index (χ1v) is 8.32. The maximum atomic E-state index is 11.9. The Hall–Kier alpha value is -4.07. The molecule has 3 aromatic rings. The molecule has 8 heteroatoms. The lowest BCUT2D eigenvalue weighted by atomic mass is 10.2. The third-order valence-electron chi connectivity index (χ3n) is 3.70. The Kier molecular flexibility index (Phi) is 6.04. The van der Waals surface area contributed by atoms with Crippen LogP contribution < -0.4 is 10.2 Å². The first-order valence-electron chi connectivity index (χ1n) is 8.32. The molecule has 0 unspecified atom stereocenters. The van der Waals surface area contributed by atoms with E-state index in [2.05, 4.69) is 15.5 Å². The van der Waals surface area contributed by atoms with Gasteiger partial charge in [0.2, 0.25) is 0 Å². The minimum absolute atomic E-state index is 0.0346. The van der Waals surface area contributed by atoms with Crippen LogP contribution >= 0.6 is 0 Å². The number of benzene rings is 2. The molecule has 1 N–H and O–H groups in total. The number of amides is 1. The lowest BCUT2D eigenvalue weighted by Crippen LogP contribution is -2.18. The molecule has 140 valence electrons. The predicted molar refractivity (Wildman–Crippen MR) is 103 cm³/mol. The number of ether oxygens (including phenoxy) is 1. The van der Waals surface area contributed by atoms with Crippen LogP contribution in [0.2, 0.25) is 0 Å². The zero-order chi connectivity index (χ0) is 19.8. The molecular formula is C20H16N4O4. The van der Waals surface area contributed by atoms with E-state index in [9.17, 15) is 14.9 Å². The van der Waals surface area contributed by atoms with Gasteiger partial charge in [0.1, 0.15) is 24.2 Å². The first-order chi connectivity index (χ1) is 13.6. The number of hydrazone groups is 1. The van der Waals surface area contributed by atoms with Crippen molar-refractivity contribution in [2.75, 3.05) is 0 Å². The molecule has 1 aromatic heterocycles. The minimum Gasteiger partial charge on any atom is -0.489 e. The van der Waals surface area contributed by atoms with Crippen LogP contribution in [-0.4, -0.2) is 22.0 Å². The molecule has 0 saturated heterocycles. The molecule has 28 heavy (non-hydrogen) atoms. The summed E-state index contributed by atoms with van der Waals surface area (Å²) in [6.45, 7) is 0.479. The molecule has 2 aromatic carbocycles. The highest BCUT2D eigenvalue weighted by Crippen LogP contribution is 2.13. The van der Waals surface area contributed by atoms with Crippen LogP contribution in [0, 0.1) is 10.1 Å². The number of nitrogens with one attached hydrogen (secondary N) is 1. The molecule has 0 saturated carbocycles. The molecule has 0 aliphatic carbocycles. The summed E-state index contributed by atoms with van der Waals surface area (Å²) >= 11 is 0. The highest BCUT2D eigenvalue weighted by atomic mass is 16.6. The van der Waals surface area contributed by atoms with Crippen molar-refractivity contribution in [1.82, 2.24) is 10.4 Å². The van der Waals surface area contributed by atoms with Crippen LogP contribution in [0.15, 0.2) is 78.0 Å². The summed E-state index contributed by atoms with van der Waals surface area (Å²) in [5.41, 5.74) is 4.02. The molecule has 3 rings (SSSR count). The van der Waals surface area contributed by atoms with E-state index in [1.165, 1.54) is 18.3 Å². The Morgan fingerprint density at radius 2 is 1.86 bits per heavy atom. The smallest absolute Gasteiger partial charge is 0.289 e. The molecule has 0 aliphatic heterocycles. The SMILES string of the molecule is O=C(NN=Cc1ccc(OCc2ccccc2)cc1)c1ccc([N+](=O)[O-])cn1. The molecule has 0 spiro atoms. The lowest BCUT2D eigenvalue weighted by molar-refractivity contribution is -0.385. The van der Waals surface area contributed by atoms with Crippen LogP contribution in [0.1, 0.15) is 21.6 Å². The van der Waals surface area contributed by atoms with Crippen molar-refractivity contribution < 1.29 is 14.5 Å². The third kappa shape index (κ3) is 5.21. The molecule has 0 atom stereocenters. The molecule has 8 nitrogen and oxygen atoms in total. The maximum absolute atomic E-state index is 11.9. The fourth-order valence-corrected chi connectivity index (χ4v) is 2.24. The average molecular weight is 376 g/mol. The number of nitro groups is 1. The number of rotatable bonds is 7. The highest BCUT2D eigenvalue weighted by molar-refractivity contribution is 5.93. The van der Waals surface area contributed by atoms with E-state index in [0.717, 1.165) is 23.1 Å². The summed E-state index contributed by atoms with van der Waals surface area (Å²) in [6, 6.07) is 19.6. The van der Waals surface area contributed by atoms with Crippen molar-refractivity contribution in [3.63, 3.8) is 0 Å². The number of nitrogens with zero attached hydrogens (tertiary/aromatic N) is 3. The average Bonchev–Trinajstić information content (AvgIpc) is 2.74. The van der Waals surface area contributed by atoms with Crippen molar-refractivity contribution in [3.8, 4) is 5.75 Å². The van der Waals surface area contributed by atoms with Crippen molar-refractivity contribution in [1.29, 1.82) is 0 Å². The van der Waals surface area contributed by atoms with E-state index in [-0.39, 0.29) is 11.4 Å². The van der Waals surface area contributed by atoms with Crippen LogP contribution in [0.25, 0.3) is 0 Å². The van der Waals surface area contributed by atoms with E-state index in [1.807, 2.05) is 42.5 Å². The number of carbonyl (C=O) groups is 1. The van der Waals surface area contributed by atoms with Gasteiger partial charge in [0.25, 0.3) is 11.6 Å². The number of aromatic nitrogens is 1. The van der Waals surface area contributed by atoms with Gasteiger partial charge in [-0.05, 0) is 41.5 Å². The second kappa shape index (κ2) is 9.04. The highest BCUT2D eigenvalue weighted by Gasteiger charge is 2.10. The number of hydrogen-bond donors (Lipinski definition) is 1. The Bertz CT molecular complexity index is 971. The normalized spacial score (nSPS) is 10.6. The van der Waals surface area contributed by atoms with Crippen LogP contribution in [0.5, 0.6) is 5.75 Å². The second-order valence-corrected chi connectivity index (χ2v) is 5.70. The van der Waals surface area contributed by atoms with Crippen molar-refractivity contribution in [2.45, 2.75) is 6.61 Å². The Balaban J connectivity index is 1.51. The number of pyridine rings is 1. The van der Waals surface area contributed by atoms with Gasteiger partial charge < -0.3 is 4.74 Å². The van der Waals surface area contributed by atoms with Gasteiger partial charge in [0.05, 0.1) is 11.1 Å². The van der Waals surface area contributed by atoms with Crippen LogP contribution in [0.4, 0.5) is 5.69 Å². The molecule has 0 bridgehead atoms. The summed E-state index contributed by atoms with van der Waals surface area (Å²) in [5.74, 6) is 0.161. The fourth-order valence-electron chi connectivity index (χ4n) is 2.24. The zero-order valence-corrected chi connectivity index (χ0v) is 14.7. The van der Waals surface area contributed by atoms with Crippen molar-refractivity contribution in [2.24, 2.45) is 5.10 Å². The lowest BCUT2D eigenvalue weighted by Gasteiger charge is -2.06. The van der Waals surface area contributed by atoms with Gasteiger partial charge in [-0.15, -0.1) is 0 Å². The number of carbonyl (C=O) groups excluding carboxylic acids is 1. The van der Waals surface area contributed by atoms with Gasteiger partial charge in [-0.25, -0.2) is 10.4 Å². The zero-order valence-electron chi connectivity index (χ0n) is 14.7. The Labute approximate surface area is 160 Å². The Morgan fingerprint density at radius 3 is 2.50 bits per heavy atom. The summed E-state index contributed by atoms with van der Waals surface area (Å²) in [7, 11) is 0. The van der Waals surface area contributed by atoms with Gasteiger partial charge >= 0.3 is 0 Å². The van der Waals surface area contributed by atoms with Gasteiger partial charge in [0.15, 0.2) is 0 Å². The third-order valence-corrected chi connectivity index (χ3v) is 3.70. The fraction of sp³-hybridized carbons (Fsp3) is 0.0500. The molecule has 1 amide bonds. The van der Waals surface area contributed by atoms with E-state index < -0.39 is 10.8 Å². The summed E-state index contributed by atoms with van der Waals surface area (Å²) < 4.78 is 5.70. The van der Waals surface area contributed by atoms with E-state index in [4.69, 9.17) is 4.74 Å². The van der Waals surface area contributed by atoms with Gasteiger partial charge in [-0.2, -0.15) is 5.10 Å². The second-order valence-electron chi connectivity index (χ2n) is 5.70. The van der Waals surface area contributed by atoms with Gasteiger partial charge in [-0.1, -0.05) is 30.3 Å². The van der Waals surface area contributed by atoms with Crippen molar-refractivity contribution in [3.05, 3.63) is 99.9 Å². The largest absolute Gasteiger partial charge is 0.489 e. The topological polar surface area (TPSA) is 107 Å². The van der Waals surface area contributed by atoms with E-state index in [0.29, 0.717) is 6.61 Å². The summed E-state index contributed by atoms with van der Waals surface area (Å²) in [5, 5.41) is 14.4. The first kappa shape index (κ1) is 18.7. The maximum Gasteiger partial charge on any atom is 0.289 e. The molecule has 0 fully saturated rings. The molecule has 1 heterocycles. The summed E-state index contributed by atoms with van der Waals surface area (Å²) in [4.78, 5) is 25.6. The quantitative estimate of drug-likeness (QED) is 0.387. The van der Waals surface area contributed by atoms with Gasteiger partial charge in [-0.3, -0.25) is 14.9 Å². The standard InChI is InChI=1S/C20H16N4O4/c25-20(19-11-8-17(13-21-19)24(26)27)23-22-12-15-6-9-18(10-7-15)28-14-16-4-2-1-3-5-16/h1-13H,14H2,(H,23,25). The predicted octanol–water partition coefficient (Wildman–Crippen LogP) is 3.33.